The van der Waals surface area contributed by atoms with Crippen LogP contribution in [0.25, 0.3) is 0 Å². The van der Waals surface area contributed by atoms with E-state index >= 15 is 0 Å². The summed E-state index contributed by atoms with van der Waals surface area (Å²) in [6, 6.07) is 7.65. The van der Waals surface area contributed by atoms with Crippen LogP contribution in [-0.2, 0) is 16.0 Å². The van der Waals surface area contributed by atoms with E-state index in [9.17, 15) is 4.79 Å². The molecule has 106 valence electrons. The number of carbonyl (C=O) groups is 1. The number of esters is 1. The first kappa shape index (κ1) is 17.4. The van der Waals surface area contributed by atoms with Crippen molar-refractivity contribution < 1.29 is 9.53 Å². The fourth-order valence-corrected chi connectivity index (χ4v) is 1.68. The number of nitrogens with two attached hydrogens (primary N) is 1. The summed E-state index contributed by atoms with van der Waals surface area (Å²) in [5.41, 5.74) is 7.32. The molecule has 5 heteroatoms. The van der Waals surface area contributed by atoms with E-state index in [2.05, 4.69) is 0 Å². The Balaban J connectivity index is 0.00000324. The van der Waals surface area contributed by atoms with E-state index in [1.54, 1.807) is 0 Å². The number of hydrogen-bond acceptors (Lipinski definition) is 3. The lowest BCUT2D eigenvalue weighted by atomic mass is 10.0. The second-order valence-electron chi connectivity index (χ2n) is 4.12. The van der Waals surface area contributed by atoms with E-state index in [0.717, 1.165) is 24.8 Å². The minimum atomic E-state index is -0.121. The highest BCUT2D eigenvalue weighted by atomic mass is 35.5. The minimum Gasteiger partial charge on any atom is -0.466 e. The van der Waals surface area contributed by atoms with Crippen LogP contribution >= 0.6 is 12.4 Å². The molecule has 0 aromatic heterocycles. The maximum Gasteiger partial charge on any atom is 0.305 e. The van der Waals surface area contributed by atoms with E-state index < -0.39 is 0 Å². The van der Waals surface area contributed by atoms with Gasteiger partial charge in [0, 0.05) is 12.0 Å². The highest BCUT2D eigenvalue weighted by Gasteiger charge is 2.01. The predicted octanol–water partition coefficient (Wildman–Crippen LogP) is 2.67. The van der Waals surface area contributed by atoms with Crippen LogP contribution < -0.4 is 5.73 Å². The third kappa shape index (κ3) is 6.82. The molecule has 0 unspecified atom stereocenters. The van der Waals surface area contributed by atoms with E-state index in [1.165, 1.54) is 5.56 Å². The number of nitrogen functional groups attached to an aromatic ring is 1. The minimum absolute atomic E-state index is 0. The smallest absolute Gasteiger partial charge is 0.305 e. The topological polar surface area (TPSA) is 76.2 Å². The highest BCUT2D eigenvalue weighted by Crippen LogP contribution is 2.09. The lowest BCUT2D eigenvalue weighted by Gasteiger charge is -2.04. The van der Waals surface area contributed by atoms with Crippen molar-refractivity contribution in [1.82, 2.24) is 0 Å². The molecule has 0 aliphatic rings. The first-order valence-electron chi connectivity index (χ1n) is 6.22. The monoisotopic (exact) mass is 284 g/mol. The van der Waals surface area contributed by atoms with Crippen molar-refractivity contribution in [2.24, 2.45) is 5.73 Å². The SMILES string of the molecule is CCOC(=O)CCCCc1ccc(C(=N)N)cc1.Cl. The third-order valence-corrected chi connectivity index (χ3v) is 2.67. The summed E-state index contributed by atoms with van der Waals surface area (Å²) < 4.78 is 4.86. The van der Waals surface area contributed by atoms with Crippen molar-refractivity contribution >= 4 is 24.2 Å². The molecule has 0 atom stereocenters. The highest BCUT2D eigenvalue weighted by molar-refractivity contribution is 5.94. The Morgan fingerprint density at radius 1 is 1.26 bits per heavy atom. The van der Waals surface area contributed by atoms with E-state index in [0.29, 0.717) is 13.0 Å². The Morgan fingerprint density at radius 3 is 2.42 bits per heavy atom. The largest absolute Gasteiger partial charge is 0.466 e. The van der Waals surface area contributed by atoms with Gasteiger partial charge in [0.25, 0.3) is 0 Å². The zero-order valence-electron chi connectivity index (χ0n) is 11.1. The number of rotatable bonds is 7. The number of carbonyl (C=O) groups excluding carboxylic acids is 1. The standard InChI is InChI=1S/C14H20N2O2.ClH/c1-2-18-13(17)6-4-3-5-11-7-9-12(10-8-11)14(15)16;/h7-10H,2-6H2,1H3,(H3,15,16);1H. The number of aryl methyl sites for hydroxylation is 1. The van der Waals surface area contributed by atoms with Gasteiger partial charge in [0.2, 0.25) is 0 Å². The van der Waals surface area contributed by atoms with E-state index in [1.807, 2.05) is 31.2 Å². The van der Waals surface area contributed by atoms with Gasteiger partial charge in [-0.05, 0) is 31.7 Å². The van der Waals surface area contributed by atoms with Gasteiger partial charge in [0.05, 0.1) is 6.61 Å². The van der Waals surface area contributed by atoms with Crippen LogP contribution in [0.15, 0.2) is 24.3 Å². The van der Waals surface area contributed by atoms with Gasteiger partial charge in [-0.1, -0.05) is 24.3 Å². The maximum absolute atomic E-state index is 11.1. The van der Waals surface area contributed by atoms with Crippen LogP contribution in [0, 0.1) is 5.41 Å². The van der Waals surface area contributed by atoms with E-state index in [4.69, 9.17) is 15.9 Å². The molecule has 0 radical (unpaired) electrons. The third-order valence-electron chi connectivity index (χ3n) is 2.67. The molecule has 0 heterocycles. The molecule has 0 spiro atoms. The molecule has 0 fully saturated rings. The molecule has 3 N–H and O–H groups in total. The molecule has 4 nitrogen and oxygen atoms in total. The van der Waals surface area contributed by atoms with Crippen LogP contribution in [0.4, 0.5) is 0 Å². The van der Waals surface area contributed by atoms with Gasteiger partial charge in [-0.25, -0.2) is 0 Å². The van der Waals surface area contributed by atoms with E-state index in [-0.39, 0.29) is 24.2 Å². The first-order chi connectivity index (χ1) is 8.63. The molecule has 0 aliphatic carbocycles. The van der Waals surface area contributed by atoms with Crippen molar-refractivity contribution in [1.29, 1.82) is 5.41 Å². The summed E-state index contributed by atoms with van der Waals surface area (Å²) in [7, 11) is 0. The van der Waals surface area contributed by atoms with Gasteiger partial charge in [0.1, 0.15) is 5.84 Å². The number of amidine groups is 1. The molecule has 0 bridgehead atoms. The van der Waals surface area contributed by atoms with Crippen LogP contribution in [0.3, 0.4) is 0 Å². The number of nitrogens with one attached hydrogen (secondary N) is 1. The van der Waals surface area contributed by atoms with Crippen molar-refractivity contribution in [3.8, 4) is 0 Å². The van der Waals surface area contributed by atoms with Crippen molar-refractivity contribution in [2.75, 3.05) is 6.61 Å². The van der Waals surface area contributed by atoms with Gasteiger partial charge in [-0.15, -0.1) is 12.4 Å². The van der Waals surface area contributed by atoms with Gasteiger partial charge in [-0.2, -0.15) is 0 Å². The average molecular weight is 285 g/mol. The Morgan fingerprint density at radius 2 is 1.89 bits per heavy atom. The maximum atomic E-state index is 11.1. The quantitative estimate of drug-likeness (QED) is 0.350. The Kier molecular flexibility index (Phi) is 8.62. The molecule has 0 amide bonds. The van der Waals surface area contributed by atoms with Crippen molar-refractivity contribution in [3.63, 3.8) is 0 Å². The van der Waals surface area contributed by atoms with Crippen molar-refractivity contribution in [2.45, 2.75) is 32.6 Å². The predicted molar refractivity (Wildman–Crippen MR) is 78.9 cm³/mol. The Bertz CT molecular complexity index is 404. The number of halogens is 1. The van der Waals surface area contributed by atoms with Crippen LogP contribution in [0.1, 0.15) is 37.3 Å². The molecule has 1 aromatic rings. The van der Waals surface area contributed by atoms with Crippen LogP contribution in [0.5, 0.6) is 0 Å². The van der Waals surface area contributed by atoms with Crippen LogP contribution in [0.2, 0.25) is 0 Å². The molecule has 19 heavy (non-hydrogen) atoms. The van der Waals surface area contributed by atoms with Crippen molar-refractivity contribution in [3.05, 3.63) is 35.4 Å². The molecule has 0 saturated carbocycles. The summed E-state index contributed by atoms with van der Waals surface area (Å²) in [6.45, 7) is 2.26. The summed E-state index contributed by atoms with van der Waals surface area (Å²) >= 11 is 0. The lowest BCUT2D eigenvalue weighted by Crippen LogP contribution is -2.10. The molecule has 0 aliphatic heterocycles. The Hall–Kier alpha value is -1.55. The molecule has 0 saturated heterocycles. The number of hydrogen-bond donors (Lipinski definition) is 2. The molecular weight excluding hydrogens is 264 g/mol. The fourth-order valence-electron chi connectivity index (χ4n) is 1.68. The molecule has 1 aromatic carbocycles. The van der Waals surface area contributed by atoms with Gasteiger partial charge in [-0.3, -0.25) is 10.2 Å². The zero-order valence-corrected chi connectivity index (χ0v) is 12.0. The molecular formula is C14H21ClN2O2. The fraction of sp³-hybridized carbons (Fsp3) is 0.429. The normalized spacial score (nSPS) is 9.53. The zero-order chi connectivity index (χ0) is 13.4. The van der Waals surface area contributed by atoms with Gasteiger partial charge in [0.15, 0.2) is 0 Å². The summed E-state index contributed by atoms with van der Waals surface area (Å²) in [5.74, 6) is -0.0340. The van der Waals surface area contributed by atoms with Gasteiger partial charge < -0.3 is 10.5 Å². The first-order valence-corrected chi connectivity index (χ1v) is 6.22. The Labute approximate surface area is 120 Å². The molecule has 1 rings (SSSR count). The van der Waals surface area contributed by atoms with Crippen LogP contribution in [-0.4, -0.2) is 18.4 Å². The number of benzene rings is 1. The summed E-state index contributed by atoms with van der Waals surface area (Å²) in [4.78, 5) is 11.1. The average Bonchev–Trinajstić information content (AvgIpc) is 2.35. The lowest BCUT2D eigenvalue weighted by molar-refractivity contribution is -0.143. The summed E-state index contributed by atoms with van der Waals surface area (Å²) in [5, 5.41) is 7.29. The van der Waals surface area contributed by atoms with Gasteiger partial charge >= 0.3 is 5.97 Å². The second kappa shape index (κ2) is 9.39. The second-order valence-corrected chi connectivity index (χ2v) is 4.12. The number of ether oxygens (including phenoxy) is 1. The summed E-state index contributed by atoms with van der Waals surface area (Å²) in [6.07, 6.45) is 3.21. The number of unbranched alkanes of at least 4 members (excludes halogenated alkanes) is 1.